The molecule has 0 heterocycles. The van der Waals surface area contributed by atoms with Gasteiger partial charge in [0.2, 0.25) is 10.9 Å². The molecule has 0 unspecified atom stereocenters. The molecule has 0 atom stereocenters. The molecule has 4 heteroatoms. The van der Waals surface area contributed by atoms with E-state index in [1.54, 1.807) is 0 Å². The second-order valence-corrected chi connectivity index (χ2v) is 6.42. The third-order valence-corrected chi connectivity index (χ3v) is 4.91. The lowest BCUT2D eigenvalue weighted by atomic mass is 10.1. The molecular weight excluding hydrogens is 318 g/mol. The maximum Gasteiger partial charge on any atom is 0.229 e. The van der Waals surface area contributed by atoms with Gasteiger partial charge in [0.05, 0.1) is 11.4 Å². The molecule has 24 heavy (non-hydrogen) atoms. The Kier molecular flexibility index (Phi) is 3.67. The minimum atomic E-state index is -2.83. The molecule has 0 aliphatic rings. The first-order chi connectivity index (χ1) is 11.8. The number of hydrogen-bond acceptors (Lipinski definition) is 2. The van der Waals surface area contributed by atoms with Crippen LogP contribution in [0, 0.1) is 0 Å². The van der Waals surface area contributed by atoms with Crippen molar-refractivity contribution in [3.63, 3.8) is 0 Å². The normalized spacial score (nSPS) is 11.2. The largest absolute Gasteiger partial charge is 0.239 e. The fourth-order valence-corrected chi connectivity index (χ4v) is 3.79. The van der Waals surface area contributed by atoms with Crippen molar-refractivity contribution in [3.8, 4) is 0 Å². The van der Waals surface area contributed by atoms with E-state index in [1.807, 2.05) is 84.9 Å². The summed E-state index contributed by atoms with van der Waals surface area (Å²) < 4.78 is 25.7. The fraction of sp³-hybridized carbons (Fsp3) is 0. The van der Waals surface area contributed by atoms with Crippen LogP contribution in [0.15, 0.2) is 84.9 Å². The van der Waals surface area contributed by atoms with Gasteiger partial charge in [0.25, 0.3) is 0 Å². The number of benzene rings is 4. The van der Waals surface area contributed by atoms with E-state index in [0.29, 0.717) is 11.4 Å². The number of fused-ring (bicyclic) bond motifs is 2. The van der Waals surface area contributed by atoms with Gasteiger partial charge in [-0.25, -0.2) is 12.7 Å². The van der Waals surface area contributed by atoms with Crippen LogP contribution in [-0.2, 0) is 10.9 Å². The molecule has 0 aliphatic heterocycles. The van der Waals surface area contributed by atoms with Gasteiger partial charge < -0.3 is 0 Å². The first kappa shape index (κ1) is 14.7. The Hall–Kier alpha value is -2.85. The molecule has 0 amide bonds. The SMILES string of the molecule is O=[SH](=O)N(c1cccc2ccccc12)c1cccc2ccccc12. The number of thiol groups is 1. The minimum absolute atomic E-state index is 0.667. The molecule has 0 N–H and O–H groups in total. The molecule has 0 saturated heterocycles. The van der Waals surface area contributed by atoms with Crippen molar-refractivity contribution >= 4 is 43.8 Å². The number of hydrogen-bond donors (Lipinski definition) is 1. The summed E-state index contributed by atoms with van der Waals surface area (Å²) in [6.45, 7) is 0. The standard InChI is InChI=1S/C20H15NO2S/c22-24(23)21(19-13-5-9-15-7-1-3-11-17(15)19)20-14-6-10-16-8-2-4-12-18(16)20/h1-14,24H. The Morgan fingerprint density at radius 2 is 0.958 bits per heavy atom. The Labute approximate surface area is 141 Å². The third kappa shape index (κ3) is 2.41. The highest BCUT2D eigenvalue weighted by Gasteiger charge is 2.16. The maximum absolute atomic E-state index is 12.2. The summed E-state index contributed by atoms with van der Waals surface area (Å²) in [5.74, 6) is 0. The van der Waals surface area contributed by atoms with Crippen LogP contribution in [0.25, 0.3) is 21.5 Å². The lowest BCUT2D eigenvalue weighted by Crippen LogP contribution is -2.15. The Morgan fingerprint density at radius 1 is 0.542 bits per heavy atom. The molecule has 0 fully saturated rings. The van der Waals surface area contributed by atoms with Crippen LogP contribution in [0.2, 0.25) is 0 Å². The van der Waals surface area contributed by atoms with Gasteiger partial charge in [-0.3, -0.25) is 0 Å². The quantitative estimate of drug-likeness (QED) is 0.554. The predicted molar refractivity (Wildman–Crippen MR) is 100 cm³/mol. The third-order valence-electron chi connectivity index (χ3n) is 4.15. The summed E-state index contributed by atoms with van der Waals surface area (Å²) in [7, 11) is -2.83. The van der Waals surface area contributed by atoms with Gasteiger partial charge in [-0.15, -0.1) is 0 Å². The lowest BCUT2D eigenvalue weighted by molar-refractivity contribution is 0.615. The highest BCUT2D eigenvalue weighted by molar-refractivity contribution is 7.74. The Balaban J connectivity index is 2.04. The molecule has 3 nitrogen and oxygen atoms in total. The van der Waals surface area contributed by atoms with E-state index in [2.05, 4.69) is 0 Å². The highest BCUT2D eigenvalue weighted by Crippen LogP contribution is 2.36. The van der Waals surface area contributed by atoms with Crippen molar-refractivity contribution in [1.82, 2.24) is 0 Å². The monoisotopic (exact) mass is 333 g/mol. The molecule has 4 rings (SSSR count). The second kappa shape index (κ2) is 5.98. The van der Waals surface area contributed by atoms with Crippen LogP contribution in [0.5, 0.6) is 0 Å². The Morgan fingerprint density at radius 3 is 1.42 bits per heavy atom. The molecule has 118 valence electrons. The average molecular weight is 333 g/mol. The molecule has 0 aliphatic carbocycles. The molecule has 0 saturated carbocycles. The van der Waals surface area contributed by atoms with E-state index in [1.165, 1.54) is 4.31 Å². The smallest absolute Gasteiger partial charge is 0.229 e. The highest BCUT2D eigenvalue weighted by atomic mass is 32.2. The van der Waals surface area contributed by atoms with Crippen LogP contribution in [-0.4, -0.2) is 8.42 Å². The van der Waals surface area contributed by atoms with Crippen LogP contribution in [0.3, 0.4) is 0 Å². The first-order valence-corrected chi connectivity index (χ1v) is 8.79. The topological polar surface area (TPSA) is 37.4 Å². The zero-order valence-electron chi connectivity index (χ0n) is 12.8. The summed E-state index contributed by atoms with van der Waals surface area (Å²) in [5, 5.41) is 3.84. The van der Waals surface area contributed by atoms with Crippen molar-refractivity contribution in [3.05, 3.63) is 84.9 Å². The van der Waals surface area contributed by atoms with Crippen molar-refractivity contribution in [2.45, 2.75) is 0 Å². The number of anilines is 2. The summed E-state index contributed by atoms with van der Waals surface area (Å²) in [4.78, 5) is 0. The van der Waals surface area contributed by atoms with Gasteiger partial charge >= 0.3 is 0 Å². The van der Waals surface area contributed by atoms with Crippen LogP contribution in [0.1, 0.15) is 0 Å². The zero-order valence-corrected chi connectivity index (χ0v) is 13.7. The van der Waals surface area contributed by atoms with Crippen LogP contribution in [0.4, 0.5) is 11.4 Å². The van der Waals surface area contributed by atoms with Crippen molar-refractivity contribution in [1.29, 1.82) is 0 Å². The zero-order chi connectivity index (χ0) is 16.5. The summed E-state index contributed by atoms with van der Waals surface area (Å²) in [6, 6.07) is 27.0. The fourth-order valence-electron chi connectivity index (χ4n) is 3.09. The van der Waals surface area contributed by atoms with Gasteiger partial charge in [-0.1, -0.05) is 72.8 Å². The van der Waals surface area contributed by atoms with E-state index in [4.69, 9.17) is 0 Å². The molecule has 4 aromatic rings. The van der Waals surface area contributed by atoms with Crippen molar-refractivity contribution < 1.29 is 8.42 Å². The number of rotatable bonds is 3. The predicted octanol–water partition coefficient (Wildman–Crippen LogP) is 4.66. The van der Waals surface area contributed by atoms with E-state index in [9.17, 15) is 8.42 Å². The minimum Gasteiger partial charge on any atom is -0.239 e. The molecule has 0 bridgehead atoms. The van der Waals surface area contributed by atoms with E-state index < -0.39 is 10.9 Å². The molecule has 4 aromatic carbocycles. The molecule has 0 spiro atoms. The number of nitrogens with zero attached hydrogens (tertiary/aromatic N) is 1. The van der Waals surface area contributed by atoms with Crippen LogP contribution < -0.4 is 4.31 Å². The molecule has 0 aromatic heterocycles. The van der Waals surface area contributed by atoms with Gasteiger partial charge in [-0.2, -0.15) is 0 Å². The van der Waals surface area contributed by atoms with Gasteiger partial charge in [-0.05, 0) is 22.9 Å². The molecular formula is C20H15NO2S. The van der Waals surface area contributed by atoms with Gasteiger partial charge in [0.15, 0.2) is 0 Å². The first-order valence-electron chi connectivity index (χ1n) is 7.66. The van der Waals surface area contributed by atoms with Crippen molar-refractivity contribution in [2.75, 3.05) is 4.31 Å². The van der Waals surface area contributed by atoms with Crippen molar-refractivity contribution in [2.24, 2.45) is 0 Å². The lowest BCUT2D eigenvalue weighted by Gasteiger charge is -2.21. The average Bonchev–Trinajstić information content (AvgIpc) is 2.62. The maximum atomic E-state index is 12.2. The summed E-state index contributed by atoms with van der Waals surface area (Å²) in [5.41, 5.74) is 1.33. The second-order valence-electron chi connectivity index (χ2n) is 5.55. The van der Waals surface area contributed by atoms with Crippen LogP contribution >= 0.6 is 0 Å². The summed E-state index contributed by atoms with van der Waals surface area (Å²) in [6.07, 6.45) is 0. The Bertz CT molecular complexity index is 1020. The van der Waals surface area contributed by atoms with E-state index >= 15 is 0 Å². The molecule has 0 radical (unpaired) electrons. The van der Waals surface area contributed by atoms with Gasteiger partial charge in [0, 0.05) is 10.8 Å². The van der Waals surface area contributed by atoms with E-state index in [0.717, 1.165) is 21.5 Å². The van der Waals surface area contributed by atoms with E-state index in [-0.39, 0.29) is 0 Å². The van der Waals surface area contributed by atoms with Gasteiger partial charge in [0.1, 0.15) is 0 Å². The summed E-state index contributed by atoms with van der Waals surface area (Å²) >= 11 is 0.